The van der Waals surface area contributed by atoms with Crippen LogP contribution in [0, 0.1) is 30.9 Å². The molecule has 0 fully saturated rings. The zero-order valence-electron chi connectivity index (χ0n) is 12.9. The lowest BCUT2D eigenvalue weighted by molar-refractivity contribution is -0.385. The van der Waals surface area contributed by atoms with Gasteiger partial charge in [0, 0.05) is 24.4 Å². The van der Waals surface area contributed by atoms with Crippen LogP contribution in [0.4, 0.5) is 11.5 Å². The molecule has 0 aliphatic heterocycles. The number of hydrogen-bond donors (Lipinski definition) is 1. The number of hydrogen-bond acceptors (Lipinski definition) is 5. The third-order valence-electron chi connectivity index (χ3n) is 3.52. The molecule has 1 N–H and O–H groups in total. The Balaban J connectivity index is 2.12. The largest absolute Gasteiger partial charge is 0.310 e. The van der Waals surface area contributed by atoms with Crippen LogP contribution in [0.5, 0.6) is 0 Å². The van der Waals surface area contributed by atoms with Crippen LogP contribution in [0.25, 0.3) is 0 Å². The number of pyridine rings is 1. The van der Waals surface area contributed by atoms with E-state index in [0.717, 1.165) is 17.0 Å². The standard InChI is InChI=1S/C14H17N5O3/c1-8-11(10(3)18(4)17-8)7-14(20)16-13-6-5-12(19(21)22)9(2)15-13/h5-6H,7H2,1-4H3,(H,15,16,20). The van der Waals surface area contributed by atoms with Gasteiger partial charge in [-0.05, 0) is 26.8 Å². The molecule has 8 nitrogen and oxygen atoms in total. The summed E-state index contributed by atoms with van der Waals surface area (Å²) in [7, 11) is 1.82. The molecule has 0 radical (unpaired) electrons. The Bertz CT molecular complexity index is 751. The molecule has 0 spiro atoms. The average Bonchev–Trinajstić information content (AvgIpc) is 2.65. The van der Waals surface area contributed by atoms with Crippen LogP contribution in [-0.2, 0) is 18.3 Å². The predicted molar refractivity (Wildman–Crippen MR) is 80.6 cm³/mol. The number of carbonyl (C=O) groups excluding carboxylic acids is 1. The first-order chi connectivity index (χ1) is 10.3. The van der Waals surface area contributed by atoms with E-state index in [1.54, 1.807) is 4.68 Å². The maximum atomic E-state index is 12.1. The van der Waals surface area contributed by atoms with Crippen molar-refractivity contribution in [2.45, 2.75) is 27.2 Å². The third kappa shape index (κ3) is 3.11. The molecule has 0 saturated heterocycles. The van der Waals surface area contributed by atoms with E-state index >= 15 is 0 Å². The van der Waals surface area contributed by atoms with Gasteiger partial charge >= 0.3 is 0 Å². The van der Waals surface area contributed by atoms with Gasteiger partial charge in [-0.25, -0.2) is 4.98 Å². The quantitative estimate of drug-likeness (QED) is 0.685. The van der Waals surface area contributed by atoms with Crippen molar-refractivity contribution >= 4 is 17.4 Å². The summed E-state index contributed by atoms with van der Waals surface area (Å²) in [6.07, 6.45) is 0.184. The molecule has 2 aromatic rings. The number of nitrogens with one attached hydrogen (secondary N) is 1. The minimum absolute atomic E-state index is 0.0723. The molecule has 1 amide bonds. The SMILES string of the molecule is Cc1nc(NC(=O)Cc2c(C)nn(C)c2C)ccc1[N+](=O)[O-]. The van der Waals surface area contributed by atoms with Gasteiger partial charge in [0.25, 0.3) is 5.69 Å². The van der Waals surface area contributed by atoms with Crippen LogP contribution in [0.3, 0.4) is 0 Å². The van der Waals surface area contributed by atoms with Crippen molar-refractivity contribution in [1.29, 1.82) is 0 Å². The maximum absolute atomic E-state index is 12.1. The van der Waals surface area contributed by atoms with Crippen molar-refractivity contribution in [2.24, 2.45) is 7.05 Å². The van der Waals surface area contributed by atoms with Gasteiger partial charge < -0.3 is 5.32 Å². The Morgan fingerprint density at radius 1 is 1.32 bits per heavy atom. The van der Waals surface area contributed by atoms with Gasteiger partial charge in [-0.3, -0.25) is 19.6 Å². The van der Waals surface area contributed by atoms with Gasteiger partial charge in [0.05, 0.1) is 17.0 Å². The van der Waals surface area contributed by atoms with E-state index < -0.39 is 4.92 Å². The van der Waals surface area contributed by atoms with E-state index in [9.17, 15) is 14.9 Å². The maximum Gasteiger partial charge on any atom is 0.290 e. The summed E-state index contributed by atoms with van der Waals surface area (Å²) in [5, 5.41) is 17.7. The first-order valence-electron chi connectivity index (χ1n) is 6.70. The van der Waals surface area contributed by atoms with E-state index in [1.165, 1.54) is 19.1 Å². The normalized spacial score (nSPS) is 10.5. The van der Waals surface area contributed by atoms with Gasteiger partial charge in [-0.1, -0.05) is 0 Å². The molecule has 0 saturated carbocycles. The van der Waals surface area contributed by atoms with E-state index in [-0.39, 0.29) is 23.7 Å². The number of anilines is 1. The second-order valence-corrected chi connectivity index (χ2v) is 5.06. The molecule has 0 aliphatic rings. The predicted octanol–water partition coefficient (Wildman–Crippen LogP) is 1.83. The molecule has 0 aliphatic carbocycles. The van der Waals surface area contributed by atoms with Crippen LogP contribution >= 0.6 is 0 Å². The summed E-state index contributed by atoms with van der Waals surface area (Å²) < 4.78 is 1.73. The fourth-order valence-electron chi connectivity index (χ4n) is 2.24. The zero-order chi connectivity index (χ0) is 16.4. The highest BCUT2D eigenvalue weighted by Gasteiger charge is 2.16. The lowest BCUT2D eigenvalue weighted by Crippen LogP contribution is -2.16. The van der Waals surface area contributed by atoms with Crippen molar-refractivity contribution in [1.82, 2.24) is 14.8 Å². The highest BCUT2D eigenvalue weighted by Crippen LogP contribution is 2.18. The van der Waals surface area contributed by atoms with E-state index in [0.29, 0.717) is 5.82 Å². The third-order valence-corrected chi connectivity index (χ3v) is 3.52. The highest BCUT2D eigenvalue weighted by molar-refractivity contribution is 5.91. The minimum Gasteiger partial charge on any atom is -0.310 e. The lowest BCUT2D eigenvalue weighted by atomic mass is 10.1. The molecule has 0 bridgehead atoms. The number of nitro groups is 1. The van der Waals surface area contributed by atoms with Crippen molar-refractivity contribution in [3.8, 4) is 0 Å². The number of rotatable bonds is 4. The lowest BCUT2D eigenvalue weighted by Gasteiger charge is -2.06. The molecule has 2 heterocycles. The summed E-state index contributed by atoms with van der Waals surface area (Å²) in [5.41, 5.74) is 2.80. The van der Waals surface area contributed by atoms with Crippen molar-refractivity contribution in [2.75, 3.05) is 5.32 Å². The first kappa shape index (κ1) is 15.6. The Hall–Kier alpha value is -2.77. The first-order valence-corrected chi connectivity index (χ1v) is 6.70. The Labute approximate surface area is 127 Å². The van der Waals surface area contributed by atoms with E-state index in [1.807, 2.05) is 20.9 Å². The Morgan fingerprint density at radius 2 is 2.00 bits per heavy atom. The number of aromatic nitrogens is 3. The molecule has 22 heavy (non-hydrogen) atoms. The fraction of sp³-hybridized carbons (Fsp3) is 0.357. The molecule has 116 valence electrons. The van der Waals surface area contributed by atoms with Crippen molar-refractivity contribution in [3.63, 3.8) is 0 Å². The molecule has 8 heteroatoms. The topological polar surface area (TPSA) is 103 Å². The molecule has 0 atom stereocenters. The highest BCUT2D eigenvalue weighted by atomic mass is 16.6. The van der Waals surface area contributed by atoms with E-state index in [4.69, 9.17) is 0 Å². The van der Waals surface area contributed by atoms with Crippen molar-refractivity contribution in [3.05, 3.63) is 44.9 Å². The zero-order valence-corrected chi connectivity index (χ0v) is 12.9. The average molecular weight is 303 g/mol. The second kappa shape index (κ2) is 5.92. The van der Waals surface area contributed by atoms with E-state index in [2.05, 4.69) is 15.4 Å². The van der Waals surface area contributed by atoms with Gasteiger partial charge in [-0.15, -0.1) is 0 Å². The molecule has 0 unspecified atom stereocenters. The summed E-state index contributed by atoms with van der Waals surface area (Å²) in [5.74, 6) is 0.0623. The Kier molecular flexibility index (Phi) is 4.20. The van der Waals surface area contributed by atoms with Crippen LogP contribution in [0.2, 0.25) is 0 Å². The molecule has 2 rings (SSSR count). The minimum atomic E-state index is -0.504. The van der Waals surface area contributed by atoms with Crippen LogP contribution in [-0.4, -0.2) is 25.6 Å². The van der Waals surface area contributed by atoms with Gasteiger partial charge in [0.1, 0.15) is 11.5 Å². The number of carbonyl (C=O) groups is 1. The molecular weight excluding hydrogens is 286 g/mol. The van der Waals surface area contributed by atoms with Gasteiger partial charge in [0.15, 0.2) is 0 Å². The second-order valence-electron chi connectivity index (χ2n) is 5.06. The van der Waals surface area contributed by atoms with Crippen LogP contribution in [0.15, 0.2) is 12.1 Å². The molecular formula is C14H17N5O3. The summed E-state index contributed by atoms with van der Waals surface area (Å²) in [6, 6.07) is 2.75. The Morgan fingerprint density at radius 3 is 2.50 bits per heavy atom. The number of nitrogens with zero attached hydrogens (tertiary/aromatic N) is 4. The van der Waals surface area contributed by atoms with Gasteiger partial charge in [-0.2, -0.15) is 5.10 Å². The van der Waals surface area contributed by atoms with Gasteiger partial charge in [0.2, 0.25) is 5.91 Å². The van der Waals surface area contributed by atoms with Crippen molar-refractivity contribution < 1.29 is 9.72 Å². The molecule has 0 aromatic carbocycles. The van der Waals surface area contributed by atoms with Crippen LogP contribution in [0.1, 0.15) is 22.6 Å². The summed E-state index contributed by atoms with van der Waals surface area (Å²) >= 11 is 0. The summed E-state index contributed by atoms with van der Waals surface area (Å²) in [6.45, 7) is 5.28. The summed E-state index contributed by atoms with van der Waals surface area (Å²) in [4.78, 5) is 26.4. The monoisotopic (exact) mass is 303 g/mol. The molecule has 2 aromatic heterocycles. The van der Waals surface area contributed by atoms with Crippen LogP contribution < -0.4 is 5.32 Å². The smallest absolute Gasteiger partial charge is 0.290 e. The fourth-order valence-corrected chi connectivity index (χ4v) is 2.24. The number of aryl methyl sites for hydroxylation is 3. The number of amides is 1.